The van der Waals surface area contributed by atoms with E-state index in [1.54, 1.807) is 6.92 Å². The van der Waals surface area contributed by atoms with Crippen LogP contribution >= 0.6 is 0 Å². The van der Waals surface area contributed by atoms with Gasteiger partial charge in [0.15, 0.2) is 0 Å². The van der Waals surface area contributed by atoms with E-state index in [9.17, 15) is 19.2 Å². The van der Waals surface area contributed by atoms with E-state index in [1.165, 1.54) is 0 Å². The Hall–Kier alpha value is -1.72. The molecule has 0 aliphatic heterocycles. The lowest BCUT2D eigenvalue weighted by molar-refractivity contribution is -0.123. The molecule has 6 nitrogen and oxygen atoms in total. The van der Waals surface area contributed by atoms with Crippen LogP contribution in [0.15, 0.2) is 0 Å². The van der Waals surface area contributed by atoms with Crippen molar-refractivity contribution in [1.29, 1.82) is 0 Å². The van der Waals surface area contributed by atoms with Gasteiger partial charge in [0, 0.05) is 44.7 Å². The van der Waals surface area contributed by atoms with Crippen LogP contribution in [-0.2, 0) is 19.2 Å². The zero-order chi connectivity index (χ0) is 21.2. The van der Waals surface area contributed by atoms with Crippen LogP contribution in [0.5, 0.6) is 0 Å². The van der Waals surface area contributed by atoms with Crippen LogP contribution in [0.4, 0.5) is 0 Å². The minimum absolute atomic E-state index is 0.0610. The summed E-state index contributed by atoms with van der Waals surface area (Å²) < 4.78 is 0. The first-order valence-electron chi connectivity index (χ1n) is 10.9. The van der Waals surface area contributed by atoms with Crippen molar-refractivity contribution in [3.05, 3.63) is 0 Å². The Morgan fingerprint density at radius 3 is 1.46 bits per heavy atom. The van der Waals surface area contributed by atoms with E-state index in [2.05, 4.69) is 10.6 Å². The van der Waals surface area contributed by atoms with Crippen molar-refractivity contribution in [3.8, 4) is 0 Å². The smallest absolute Gasteiger partial charge is 0.219 e. The molecule has 0 atom stereocenters. The number of hydrogen-bond acceptors (Lipinski definition) is 4. The first-order chi connectivity index (χ1) is 13.3. The van der Waals surface area contributed by atoms with E-state index in [0.717, 1.165) is 51.4 Å². The van der Waals surface area contributed by atoms with Crippen LogP contribution < -0.4 is 10.6 Å². The number of Topliss-reactive ketones (excluding diaryl/α,β-unsaturated/α-hetero) is 2. The molecular weight excluding hydrogens is 356 g/mol. The molecule has 0 aromatic rings. The zero-order valence-electron chi connectivity index (χ0n) is 18.1. The minimum Gasteiger partial charge on any atom is -0.356 e. The average Bonchev–Trinajstić information content (AvgIpc) is 2.64. The van der Waals surface area contributed by atoms with Crippen LogP contribution in [0.1, 0.15) is 97.8 Å². The highest BCUT2D eigenvalue weighted by Gasteiger charge is 2.07. The third kappa shape index (κ3) is 17.7. The second-order valence-corrected chi connectivity index (χ2v) is 7.85. The Labute approximate surface area is 170 Å². The number of rotatable bonds is 18. The van der Waals surface area contributed by atoms with Gasteiger partial charge in [-0.2, -0.15) is 0 Å². The van der Waals surface area contributed by atoms with Gasteiger partial charge in [0.05, 0.1) is 0 Å². The highest BCUT2D eigenvalue weighted by atomic mass is 16.2. The van der Waals surface area contributed by atoms with Crippen molar-refractivity contribution in [2.45, 2.75) is 97.8 Å². The third-order valence-electron chi connectivity index (χ3n) is 4.65. The number of carbonyl (C=O) groups excluding carboxylic acids is 4. The standard InChI is InChI=1S/C22H40N2O4/c1-18(2)20(26)13-7-9-15-22(28)24-17-11-5-4-10-16-23-21(27)14-8-6-12-19(3)25/h18H,4-17H2,1-3H3,(H,23,27)(H,24,28). The van der Waals surface area contributed by atoms with Crippen LogP contribution in [0.2, 0.25) is 0 Å². The third-order valence-corrected chi connectivity index (χ3v) is 4.65. The summed E-state index contributed by atoms with van der Waals surface area (Å²) in [6.45, 7) is 6.76. The Bertz CT molecular complexity index is 475. The van der Waals surface area contributed by atoms with Crippen LogP contribution in [-0.4, -0.2) is 36.5 Å². The number of nitrogens with one attached hydrogen (secondary N) is 2. The quantitative estimate of drug-likeness (QED) is 0.345. The zero-order valence-corrected chi connectivity index (χ0v) is 18.1. The molecule has 0 rings (SSSR count). The van der Waals surface area contributed by atoms with Crippen LogP contribution in [0.25, 0.3) is 0 Å². The highest BCUT2D eigenvalue weighted by Crippen LogP contribution is 2.06. The Kier molecular flexibility index (Phi) is 16.3. The van der Waals surface area contributed by atoms with Crippen molar-refractivity contribution in [1.82, 2.24) is 10.6 Å². The molecule has 0 saturated heterocycles. The van der Waals surface area contributed by atoms with Crippen LogP contribution in [0, 0.1) is 5.92 Å². The molecule has 2 amide bonds. The molecule has 0 aromatic carbocycles. The number of hydrogen-bond donors (Lipinski definition) is 2. The molecule has 0 heterocycles. The first kappa shape index (κ1) is 26.3. The van der Waals surface area contributed by atoms with Gasteiger partial charge in [0.2, 0.25) is 11.8 Å². The fraction of sp³-hybridized carbons (Fsp3) is 0.818. The second kappa shape index (κ2) is 17.4. The summed E-state index contributed by atoms with van der Waals surface area (Å²) in [5.41, 5.74) is 0. The fourth-order valence-electron chi connectivity index (χ4n) is 2.77. The lowest BCUT2D eigenvalue weighted by Gasteiger charge is -2.07. The van der Waals surface area contributed by atoms with Crippen molar-refractivity contribution < 1.29 is 19.2 Å². The predicted octanol–water partition coefficient (Wildman–Crippen LogP) is 3.71. The molecule has 0 aliphatic rings. The average molecular weight is 397 g/mol. The van der Waals surface area contributed by atoms with Crippen molar-refractivity contribution >= 4 is 23.4 Å². The fourth-order valence-corrected chi connectivity index (χ4v) is 2.77. The summed E-state index contributed by atoms with van der Waals surface area (Å²) in [7, 11) is 0. The summed E-state index contributed by atoms with van der Waals surface area (Å²) in [4.78, 5) is 45.6. The van der Waals surface area contributed by atoms with Crippen molar-refractivity contribution in [2.24, 2.45) is 5.92 Å². The normalized spacial score (nSPS) is 10.7. The lowest BCUT2D eigenvalue weighted by atomic mass is 10.0. The molecule has 6 heteroatoms. The van der Waals surface area contributed by atoms with E-state index in [1.807, 2.05) is 13.8 Å². The van der Waals surface area contributed by atoms with E-state index in [4.69, 9.17) is 0 Å². The molecule has 0 saturated carbocycles. The second-order valence-electron chi connectivity index (χ2n) is 7.85. The van der Waals surface area contributed by atoms with E-state index in [0.29, 0.717) is 38.8 Å². The molecule has 2 N–H and O–H groups in total. The lowest BCUT2D eigenvalue weighted by Crippen LogP contribution is -2.25. The van der Waals surface area contributed by atoms with Crippen molar-refractivity contribution in [3.63, 3.8) is 0 Å². The summed E-state index contributed by atoms with van der Waals surface area (Å²) in [6, 6.07) is 0. The molecule has 0 bridgehead atoms. The van der Waals surface area contributed by atoms with Gasteiger partial charge in [-0.3, -0.25) is 14.4 Å². The van der Waals surface area contributed by atoms with Gasteiger partial charge in [0.1, 0.15) is 11.6 Å². The first-order valence-corrected chi connectivity index (χ1v) is 10.9. The summed E-state index contributed by atoms with van der Waals surface area (Å²) in [6.07, 6.45) is 9.13. The molecule has 28 heavy (non-hydrogen) atoms. The molecular formula is C22H40N2O4. The molecule has 162 valence electrons. The Morgan fingerprint density at radius 2 is 1.04 bits per heavy atom. The van der Waals surface area contributed by atoms with Gasteiger partial charge >= 0.3 is 0 Å². The van der Waals surface area contributed by atoms with E-state index >= 15 is 0 Å². The Balaban J connectivity index is 3.38. The van der Waals surface area contributed by atoms with Gasteiger partial charge in [0.25, 0.3) is 0 Å². The molecule has 0 radical (unpaired) electrons. The van der Waals surface area contributed by atoms with Gasteiger partial charge in [-0.15, -0.1) is 0 Å². The maximum Gasteiger partial charge on any atom is 0.219 e. The maximum atomic E-state index is 11.7. The molecule has 0 aliphatic carbocycles. The number of ketones is 2. The summed E-state index contributed by atoms with van der Waals surface area (Å²) in [5, 5.41) is 5.83. The monoisotopic (exact) mass is 396 g/mol. The Morgan fingerprint density at radius 1 is 0.607 bits per heavy atom. The topological polar surface area (TPSA) is 92.3 Å². The van der Waals surface area contributed by atoms with Crippen LogP contribution in [0.3, 0.4) is 0 Å². The SMILES string of the molecule is CC(=O)CCCCC(=O)NCCCCCCNC(=O)CCCCC(=O)C(C)C. The van der Waals surface area contributed by atoms with E-state index < -0.39 is 0 Å². The summed E-state index contributed by atoms with van der Waals surface area (Å²) in [5.74, 6) is 0.652. The van der Waals surface area contributed by atoms with Gasteiger partial charge < -0.3 is 15.4 Å². The number of carbonyl (C=O) groups is 4. The summed E-state index contributed by atoms with van der Waals surface area (Å²) >= 11 is 0. The van der Waals surface area contributed by atoms with Gasteiger partial charge in [-0.25, -0.2) is 0 Å². The maximum absolute atomic E-state index is 11.7. The van der Waals surface area contributed by atoms with Gasteiger partial charge in [-0.1, -0.05) is 26.7 Å². The minimum atomic E-state index is 0.0610. The predicted molar refractivity (Wildman–Crippen MR) is 112 cm³/mol. The number of unbranched alkanes of at least 4 members (excludes halogenated alkanes) is 5. The molecule has 0 aromatic heterocycles. The van der Waals surface area contributed by atoms with Crippen molar-refractivity contribution in [2.75, 3.05) is 13.1 Å². The molecule has 0 fully saturated rings. The van der Waals surface area contributed by atoms with E-state index in [-0.39, 0.29) is 29.3 Å². The van der Waals surface area contributed by atoms with Gasteiger partial charge in [-0.05, 0) is 45.4 Å². The highest BCUT2D eigenvalue weighted by molar-refractivity contribution is 5.80. The molecule has 0 spiro atoms. The largest absolute Gasteiger partial charge is 0.356 e. The molecule has 0 unspecified atom stereocenters. The number of amides is 2.